The molecule has 8 heteroatoms. The van der Waals surface area contributed by atoms with Crippen LogP contribution in [0.15, 0.2) is 88.5 Å². The van der Waals surface area contributed by atoms with Crippen LogP contribution in [-0.4, -0.2) is 25.9 Å². The Morgan fingerprint density at radius 1 is 1.04 bits per heavy atom. The van der Waals surface area contributed by atoms with Crippen LogP contribution in [0.5, 0.6) is 0 Å². The molecular formula is C19H16BrN3O3S. The van der Waals surface area contributed by atoms with Crippen molar-refractivity contribution in [2.45, 2.75) is 4.90 Å². The minimum atomic E-state index is -3.92. The quantitative estimate of drug-likeness (QED) is 0.627. The molecule has 6 nitrogen and oxygen atoms in total. The molecule has 0 fully saturated rings. The van der Waals surface area contributed by atoms with Crippen LogP contribution in [0.2, 0.25) is 0 Å². The van der Waals surface area contributed by atoms with Gasteiger partial charge in [-0.05, 0) is 42.5 Å². The highest BCUT2D eigenvalue weighted by Crippen LogP contribution is 2.26. The first kappa shape index (κ1) is 19.1. The summed E-state index contributed by atoms with van der Waals surface area (Å²) in [5.41, 5.74) is 0.878. The van der Waals surface area contributed by atoms with E-state index in [2.05, 4.69) is 26.2 Å². The van der Waals surface area contributed by atoms with Gasteiger partial charge in [0.1, 0.15) is 6.54 Å². The van der Waals surface area contributed by atoms with Gasteiger partial charge in [-0.3, -0.25) is 14.1 Å². The number of benzene rings is 2. The standard InChI is InChI=1S/C19H16BrN3O3S/c20-15-6-4-8-17(12-15)23(27(25,26)18-9-2-1-3-10-18)14-19(24)22-16-7-5-11-21-13-16/h1-13H,14H2,(H,22,24). The fourth-order valence-corrected chi connectivity index (χ4v) is 4.25. The average molecular weight is 446 g/mol. The number of nitrogens with zero attached hydrogens (tertiary/aromatic N) is 2. The molecule has 0 bridgehead atoms. The zero-order valence-corrected chi connectivity index (χ0v) is 16.5. The summed E-state index contributed by atoms with van der Waals surface area (Å²) in [6.07, 6.45) is 3.08. The van der Waals surface area contributed by atoms with Crippen LogP contribution in [0.25, 0.3) is 0 Å². The Labute approximate surface area is 166 Å². The van der Waals surface area contributed by atoms with Crippen molar-refractivity contribution in [2.24, 2.45) is 0 Å². The van der Waals surface area contributed by atoms with Crippen LogP contribution >= 0.6 is 15.9 Å². The zero-order valence-electron chi connectivity index (χ0n) is 14.1. The van der Waals surface area contributed by atoms with Crippen molar-refractivity contribution in [2.75, 3.05) is 16.2 Å². The Morgan fingerprint density at radius 2 is 1.81 bits per heavy atom. The molecule has 0 radical (unpaired) electrons. The van der Waals surface area contributed by atoms with Crippen molar-refractivity contribution in [3.63, 3.8) is 0 Å². The van der Waals surface area contributed by atoms with Crippen molar-refractivity contribution in [3.05, 3.63) is 83.6 Å². The summed E-state index contributed by atoms with van der Waals surface area (Å²) in [5, 5.41) is 2.66. The molecule has 0 aliphatic rings. The second kappa shape index (κ2) is 8.32. The number of aromatic nitrogens is 1. The maximum absolute atomic E-state index is 13.2. The fraction of sp³-hybridized carbons (Fsp3) is 0.0526. The summed E-state index contributed by atoms with van der Waals surface area (Å²) in [5.74, 6) is -0.470. The molecule has 1 N–H and O–H groups in total. The summed E-state index contributed by atoms with van der Waals surface area (Å²) < 4.78 is 28.1. The van der Waals surface area contributed by atoms with Gasteiger partial charge in [0.05, 0.1) is 22.5 Å². The van der Waals surface area contributed by atoms with Crippen molar-refractivity contribution in [3.8, 4) is 0 Å². The molecule has 3 aromatic rings. The highest BCUT2D eigenvalue weighted by molar-refractivity contribution is 9.10. The number of amides is 1. The number of anilines is 2. The van der Waals surface area contributed by atoms with Gasteiger partial charge in [0.15, 0.2) is 0 Å². The molecular weight excluding hydrogens is 430 g/mol. The molecule has 0 aliphatic carbocycles. The second-order valence-electron chi connectivity index (χ2n) is 5.59. The SMILES string of the molecule is O=C(CN(c1cccc(Br)c1)S(=O)(=O)c1ccccc1)Nc1cccnc1. The van der Waals surface area contributed by atoms with Crippen molar-refractivity contribution < 1.29 is 13.2 Å². The van der Waals surface area contributed by atoms with Crippen LogP contribution in [0.3, 0.4) is 0 Å². The summed E-state index contributed by atoms with van der Waals surface area (Å²) >= 11 is 3.34. The molecule has 1 heterocycles. The number of halogens is 1. The molecule has 0 aliphatic heterocycles. The smallest absolute Gasteiger partial charge is 0.264 e. The monoisotopic (exact) mass is 445 g/mol. The van der Waals surface area contributed by atoms with E-state index in [9.17, 15) is 13.2 Å². The highest BCUT2D eigenvalue weighted by atomic mass is 79.9. The minimum Gasteiger partial charge on any atom is -0.323 e. The lowest BCUT2D eigenvalue weighted by Crippen LogP contribution is -2.38. The summed E-state index contributed by atoms with van der Waals surface area (Å²) in [7, 11) is -3.92. The van der Waals surface area contributed by atoms with Crippen molar-refractivity contribution >= 4 is 43.2 Å². The maximum Gasteiger partial charge on any atom is 0.264 e. The van der Waals surface area contributed by atoms with Gasteiger partial charge in [0, 0.05) is 10.7 Å². The van der Waals surface area contributed by atoms with Gasteiger partial charge >= 0.3 is 0 Å². The number of nitrogens with one attached hydrogen (secondary N) is 1. The number of hydrogen-bond donors (Lipinski definition) is 1. The molecule has 0 spiro atoms. The highest BCUT2D eigenvalue weighted by Gasteiger charge is 2.27. The fourth-order valence-electron chi connectivity index (χ4n) is 2.43. The number of carbonyl (C=O) groups excluding carboxylic acids is 1. The predicted molar refractivity (Wildman–Crippen MR) is 108 cm³/mol. The van der Waals surface area contributed by atoms with Gasteiger partial charge < -0.3 is 5.32 Å². The number of pyridine rings is 1. The average Bonchev–Trinajstić information content (AvgIpc) is 2.67. The third-order valence-electron chi connectivity index (χ3n) is 3.66. The van der Waals surface area contributed by atoms with Gasteiger partial charge in [-0.25, -0.2) is 8.42 Å². The van der Waals surface area contributed by atoms with E-state index in [1.165, 1.54) is 18.3 Å². The Kier molecular flexibility index (Phi) is 5.88. The molecule has 1 aromatic heterocycles. The van der Waals surface area contributed by atoms with Crippen molar-refractivity contribution in [1.82, 2.24) is 4.98 Å². The zero-order chi connectivity index (χ0) is 19.3. The van der Waals surface area contributed by atoms with Gasteiger partial charge in [0.2, 0.25) is 5.91 Å². The number of hydrogen-bond acceptors (Lipinski definition) is 4. The molecule has 27 heavy (non-hydrogen) atoms. The van der Waals surface area contributed by atoms with Gasteiger partial charge in [-0.1, -0.05) is 40.2 Å². The van der Waals surface area contributed by atoms with E-state index in [0.29, 0.717) is 15.8 Å². The van der Waals surface area contributed by atoms with E-state index < -0.39 is 15.9 Å². The number of carbonyl (C=O) groups is 1. The third-order valence-corrected chi connectivity index (χ3v) is 5.94. The Morgan fingerprint density at radius 3 is 2.48 bits per heavy atom. The lowest BCUT2D eigenvalue weighted by Gasteiger charge is -2.24. The van der Waals surface area contributed by atoms with Gasteiger partial charge in [-0.15, -0.1) is 0 Å². The number of sulfonamides is 1. The van der Waals surface area contributed by atoms with Gasteiger partial charge in [0.25, 0.3) is 10.0 Å². The Bertz CT molecular complexity index is 1030. The first-order chi connectivity index (χ1) is 13.0. The van der Waals surface area contributed by atoms with E-state index in [-0.39, 0.29) is 11.4 Å². The molecule has 0 unspecified atom stereocenters. The lowest BCUT2D eigenvalue weighted by molar-refractivity contribution is -0.114. The first-order valence-corrected chi connectivity index (χ1v) is 10.2. The molecule has 0 saturated heterocycles. The predicted octanol–water partition coefficient (Wildman–Crippen LogP) is 3.68. The topological polar surface area (TPSA) is 79.4 Å². The summed E-state index contributed by atoms with van der Waals surface area (Å²) in [6, 6.07) is 18.2. The molecule has 0 saturated carbocycles. The lowest BCUT2D eigenvalue weighted by atomic mass is 10.3. The number of rotatable bonds is 6. The maximum atomic E-state index is 13.2. The molecule has 1 amide bonds. The Hall–Kier alpha value is -2.71. The van der Waals surface area contributed by atoms with Crippen LogP contribution in [0.4, 0.5) is 11.4 Å². The van der Waals surface area contributed by atoms with E-state index in [1.807, 2.05) is 0 Å². The normalized spacial score (nSPS) is 11.0. The van der Waals surface area contributed by atoms with Crippen LogP contribution in [0, 0.1) is 0 Å². The van der Waals surface area contributed by atoms with Crippen molar-refractivity contribution in [1.29, 1.82) is 0 Å². The molecule has 0 atom stereocenters. The second-order valence-corrected chi connectivity index (χ2v) is 8.37. The third kappa shape index (κ3) is 4.72. The van der Waals surface area contributed by atoms with E-state index in [0.717, 1.165) is 4.31 Å². The largest absolute Gasteiger partial charge is 0.323 e. The van der Waals surface area contributed by atoms with E-state index >= 15 is 0 Å². The van der Waals surface area contributed by atoms with E-state index in [4.69, 9.17) is 0 Å². The molecule has 2 aromatic carbocycles. The van der Waals surface area contributed by atoms with Crippen LogP contribution in [0.1, 0.15) is 0 Å². The van der Waals surface area contributed by atoms with Crippen LogP contribution in [-0.2, 0) is 14.8 Å². The first-order valence-electron chi connectivity index (χ1n) is 8.00. The Balaban J connectivity index is 1.94. The summed E-state index contributed by atoms with van der Waals surface area (Å²) in [6.45, 7) is -0.372. The molecule has 138 valence electrons. The summed E-state index contributed by atoms with van der Waals surface area (Å²) in [4.78, 5) is 16.5. The molecule has 3 rings (SSSR count). The minimum absolute atomic E-state index is 0.110. The van der Waals surface area contributed by atoms with Gasteiger partial charge in [-0.2, -0.15) is 0 Å². The van der Waals surface area contributed by atoms with E-state index in [1.54, 1.807) is 60.8 Å². The van der Waals surface area contributed by atoms with Crippen LogP contribution < -0.4 is 9.62 Å².